The molecule has 1 unspecified atom stereocenters. The maximum absolute atomic E-state index is 13.0. The molecule has 2 aromatic carbocycles. The standard InChI is InChI=1S/C20H23N5O2/c1-3-14-9-11-15(12-10-14)13-16(19-22-24-25-23-19)20(26)21-17-7-5-6-8-18(17)27-4-2/h5-12,16H,3-4,13H2,1-2H3,(H,21,26)(H,22,23,24,25). The van der Waals surface area contributed by atoms with Crippen LogP contribution in [-0.2, 0) is 17.6 Å². The molecular weight excluding hydrogens is 342 g/mol. The number of carbonyl (C=O) groups excluding carboxylic acids is 1. The molecule has 0 bridgehead atoms. The van der Waals surface area contributed by atoms with Gasteiger partial charge in [-0.25, -0.2) is 0 Å². The molecule has 1 atom stereocenters. The number of nitrogens with zero attached hydrogens (tertiary/aromatic N) is 3. The second kappa shape index (κ2) is 8.93. The van der Waals surface area contributed by atoms with E-state index in [0.717, 1.165) is 12.0 Å². The Kier molecular flexibility index (Phi) is 6.14. The number of aromatic nitrogens is 4. The van der Waals surface area contributed by atoms with Crippen LogP contribution >= 0.6 is 0 Å². The van der Waals surface area contributed by atoms with Crippen molar-refractivity contribution < 1.29 is 9.53 Å². The molecule has 140 valence electrons. The summed E-state index contributed by atoms with van der Waals surface area (Å²) in [7, 11) is 0. The van der Waals surface area contributed by atoms with Crippen LogP contribution in [0.2, 0.25) is 0 Å². The van der Waals surface area contributed by atoms with E-state index in [9.17, 15) is 4.79 Å². The molecular formula is C20H23N5O2. The van der Waals surface area contributed by atoms with Crippen molar-refractivity contribution in [2.75, 3.05) is 11.9 Å². The van der Waals surface area contributed by atoms with Crippen LogP contribution in [0, 0.1) is 0 Å². The molecule has 0 spiro atoms. The van der Waals surface area contributed by atoms with Gasteiger partial charge in [0.1, 0.15) is 11.7 Å². The zero-order valence-electron chi connectivity index (χ0n) is 15.5. The summed E-state index contributed by atoms with van der Waals surface area (Å²) < 4.78 is 5.59. The third-order valence-corrected chi connectivity index (χ3v) is 4.31. The molecule has 3 aromatic rings. The van der Waals surface area contributed by atoms with E-state index in [-0.39, 0.29) is 5.91 Å². The Morgan fingerprint density at radius 2 is 1.85 bits per heavy atom. The highest BCUT2D eigenvalue weighted by Crippen LogP contribution is 2.26. The van der Waals surface area contributed by atoms with Gasteiger partial charge in [0.05, 0.1) is 12.3 Å². The monoisotopic (exact) mass is 365 g/mol. The first-order chi connectivity index (χ1) is 13.2. The number of rotatable bonds is 8. The number of carbonyl (C=O) groups is 1. The van der Waals surface area contributed by atoms with Gasteiger partial charge < -0.3 is 10.1 Å². The number of H-pyrrole nitrogens is 1. The molecule has 0 aliphatic rings. The van der Waals surface area contributed by atoms with Gasteiger partial charge >= 0.3 is 0 Å². The fourth-order valence-electron chi connectivity index (χ4n) is 2.84. The Morgan fingerprint density at radius 1 is 1.11 bits per heavy atom. The van der Waals surface area contributed by atoms with Crippen LogP contribution < -0.4 is 10.1 Å². The van der Waals surface area contributed by atoms with E-state index in [1.54, 1.807) is 0 Å². The molecule has 7 heteroatoms. The van der Waals surface area contributed by atoms with Gasteiger partial charge in [-0.3, -0.25) is 4.79 Å². The number of nitrogens with one attached hydrogen (secondary N) is 2. The molecule has 0 saturated carbocycles. The average molecular weight is 365 g/mol. The third-order valence-electron chi connectivity index (χ3n) is 4.31. The van der Waals surface area contributed by atoms with E-state index >= 15 is 0 Å². The topological polar surface area (TPSA) is 92.8 Å². The van der Waals surface area contributed by atoms with Crippen molar-refractivity contribution in [3.63, 3.8) is 0 Å². The summed E-state index contributed by atoms with van der Waals surface area (Å²) in [5.41, 5.74) is 2.92. The molecule has 0 saturated heterocycles. The molecule has 0 radical (unpaired) electrons. The van der Waals surface area contributed by atoms with E-state index in [1.165, 1.54) is 5.56 Å². The number of hydrogen-bond donors (Lipinski definition) is 2. The van der Waals surface area contributed by atoms with Crippen molar-refractivity contribution in [3.05, 3.63) is 65.5 Å². The minimum atomic E-state index is -0.564. The van der Waals surface area contributed by atoms with Crippen molar-refractivity contribution in [2.24, 2.45) is 0 Å². The maximum Gasteiger partial charge on any atom is 0.235 e. The number of hydrogen-bond acceptors (Lipinski definition) is 5. The lowest BCUT2D eigenvalue weighted by atomic mass is 9.96. The van der Waals surface area contributed by atoms with Gasteiger partial charge in [-0.2, -0.15) is 5.21 Å². The number of benzene rings is 2. The zero-order valence-corrected chi connectivity index (χ0v) is 15.5. The predicted octanol–water partition coefficient (Wildman–Crippen LogP) is 3.13. The second-order valence-electron chi connectivity index (χ2n) is 6.12. The molecule has 0 aliphatic carbocycles. The molecule has 1 amide bonds. The van der Waals surface area contributed by atoms with Crippen molar-refractivity contribution >= 4 is 11.6 Å². The largest absolute Gasteiger partial charge is 0.492 e. The molecule has 1 aromatic heterocycles. The number of anilines is 1. The van der Waals surface area contributed by atoms with Crippen LogP contribution in [-0.4, -0.2) is 33.1 Å². The summed E-state index contributed by atoms with van der Waals surface area (Å²) in [5.74, 6) is 0.225. The number of ether oxygens (including phenoxy) is 1. The van der Waals surface area contributed by atoms with Crippen LogP contribution in [0.3, 0.4) is 0 Å². The van der Waals surface area contributed by atoms with E-state index in [0.29, 0.717) is 30.3 Å². The van der Waals surface area contributed by atoms with Crippen LogP contribution in [0.4, 0.5) is 5.69 Å². The molecule has 7 nitrogen and oxygen atoms in total. The third kappa shape index (κ3) is 4.69. The lowest BCUT2D eigenvalue weighted by Crippen LogP contribution is -2.24. The first-order valence-electron chi connectivity index (χ1n) is 9.05. The van der Waals surface area contributed by atoms with Crippen molar-refractivity contribution in [1.82, 2.24) is 20.6 Å². The molecule has 27 heavy (non-hydrogen) atoms. The first-order valence-corrected chi connectivity index (χ1v) is 9.05. The van der Waals surface area contributed by atoms with Crippen LogP contribution in [0.5, 0.6) is 5.75 Å². The molecule has 2 N–H and O–H groups in total. The molecule has 0 fully saturated rings. The minimum absolute atomic E-state index is 0.205. The number of para-hydroxylation sites is 2. The maximum atomic E-state index is 13.0. The predicted molar refractivity (Wildman–Crippen MR) is 103 cm³/mol. The van der Waals surface area contributed by atoms with Crippen LogP contribution in [0.15, 0.2) is 48.5 Å². The minimum Gasteiger partial charge on any atom is -0.492 e. The van der Waals surface area contributed by atoms with E-state index < -0.39 is 5.92 Å². The zero-order chi connectivity index (χ0) is 19.1. The Hall–Kier alpha value is -3.22. The number of aromatic amines is 1. The SMILES string of the molecule is CCOc1ccccc1NC(=O)C(Cc1ccc(CC)cc1)c1nn[nH]n1. The highest BCUT2D eigenvalue weighted by Gasteiger charge is 2.26. The summed E-state index contributed by atoms with van der Waals surface area (Å²) in [5, 5.41) is 17.0. The quantitative estimate of drug-likeness (QED) is 0.640. The summed E-state index contributed by atoms with van der Waals surface area (Å²) >= 11 is 0. The lowest BCUT2D eigenvalue weighted by Gasteiger charge is -2.16. The summed E-state index contributed by atoms with van der Waals surface area (Å²) in [6.45, 7) is 4.53. The first kappa shape index (κ1) is 18.6. The van der Waals surface area contributed by atoms with Gasteiger partial charge in [0.2, 0.25) is 5.91 Å². The molecule has 0 aliphatic heterocycles. The summed E-state index contributed by atoms with van der Waals surface area (Å²) in [6, 6.07) is 15.6. The summed E-state index contributed by atoms with van der Waals surface area (Å²) in [4.78, 5) is 13.0. The molecule has 3 rings (SSSR count). The Labute approximate surface area is 158 Å². The fraction of sp³-hybridized carbons (Fsp3) is 0.300. The normalized spacial score (nSPS) is 11.8. The number of tetrazole rings is 1. The van der Waals surface area contributed by atoms with E-state index in [2.05, 4.69) is 45.0 Å². The van der Waals surface area contributed by atoms with E-state index in [1.807, 2.05) is 43.3 Å². The number of amides is 1. The van der Waals surface area contributed by atoms with Gasteiger partial charge in [0.15, 0.2) is 5.82 Å². The van der Waals surface area contributed by atoms with Crippen LogP contribution in [0.25, 0.3) is 0 Å². The highest BCUT2D eigenvalue weighted by molar-refractivity contribution is 5.96. The highest BCUT2D eigenvalue weighted by atomic mass is 16.5. The Bertz CT molecular complexity index is 862. The van der Waals surface area contributed by atoms with E-state index in [4.69, 9.17) is 4.74 Å². The van der Waals surface area contributed by atoms with Gasteiger partial charge in [0.25, 0.3) is 0 Å². The van der Waals surface area contributed by atoms with Gasteiger partial charge in [0, 0.05) is 0 Å². The van der Waals surface area contributed by atoms with Gasteiger partial charge in [-0.05, 0) is 43.0 Å². The number of aryl methyl sites for hydroxylation is 1. The van der Waals surface area contributed by atoms with Crippen LogP contribution in [0.1, 0.15) is 36.7 Å². The average Bonchev–Trinajstić information content (AvgIpc) is 3.22. The van der Waals surface area contributed by atoms with Gasteiger partial charge in [-0.15, -0.1) is 10.2 Å². The second-order valence-corrected chi connectivity index (χ2v) is 6.12. The van der Waals surface area contributed by atoms with Crippen molar-refractivity contribution in [2.45, 2.75) is 32.6 Å². The molecule has 1 heterocycles. The van der Waals surface area contributed by atoms with Gasteiger partial charge in [-0.1, -0.05) is 48.5 Å². The summed E-state index contributed by atoms with van der Waals surface area (Å²) in [6.07, 6.45) is 1.45. The fourth-order valence-corrected chi connectivity index (χ4v) is 2.84. The smallest absolute Gasteiger partial charge is 0.235 e. The Morgan fingerprint density at radius 3 is 2.52 bits per heavy atom. The van der Waals surface area contributed by atoms with Crippen molar-refractivity contribution in [1.29, 1.82) is 0 Å². The van der Waals surface area contributed by atoms with Crippen molar-refractivity contribution in [3.8, 4) is 5.75 Å². The Balaban J connectivity index is 1.81. The lowest BCUT2D eigenvalue weighted by molar-refractivity contribution is -0.117.